The molecule has 1 heterocycles. The van der Waals surface area contributed by atoms with Crippen molar-refractivity contribution in [2.24, 2.45) is 0 Å². The molecule has 0 unspecified atom stereocenters. The average Bonchev–Trinajstić information content (AvgIpc) is 2.93. The maximum absolute atomic E-state index is 13.9. The van der Waals surface area contributed by atoms with Gasteiger partial charge in [0.2, 0.25) is 17.7 Å². The summed E-state index contributed by atoms with van der Waals surface area (Å²) >= 11 is 0. The molecule has 1 aliphatic heterocycles. The van der Waals surface area contributed by atoms with Crippen molar-refractivity contribution in [2.75, 3.05) is 14.1 Å². The number of likely N-dealkylation sites (N-methyl/N-ethyl adjacent to an activating group) is 1. The summed E-state index contributed by atoms with van der Waals surface area (Å²) in [7, 11) is 3.06. The maximum atomic E-state index is 13.9. The highest BCUT2D eigenvalue weighted by Gasteiger charge is 2.52. The third-order valence-electron chi connectivity index (χ3n) is 5.65. The van der Waals surface area contributed by atoms with Gasteiger partial charge in [0.15, 0.2) is 0 Å². The normalized spacial score (nSPS) is 19.0. The van der Waals surface area contributed by atoms with Crippen LogP contribution in [0.1, 0.15) is 36.5 Å². The van der Waals surface area contributed by atoms with E-state index in [-0.39, 0.29) is 24.7 Å². The topological polar surface area (TPSA) is 57.7 Å². The van der Waals surface area contributed by atoms with Gasteiger partial charge in [0.25, 0.3) is 0 Å². The van der Waals surface area contributed by atoms with Crippen molar-refractivity contribution in [3.8, 4) is 0 Å². The number of hydrogen-bond donors (Lipinski definition) is 0. The van der Waals surface area contributed by atoms with Crippen LogP contribution < -0.4 is 0 Å². The first kappa shape index (κ1) is 20.7. The molecule has 152 valence electrons. The quantitative estimate of drug-likeness (QED) is 0.705. The fourth-order valence-electron chi connectivity index (χ4n) is 3.77. The zero-order chi connectivity index (χ0) is 21.2. The average molecular weight is 396 g/mol. The van der Waals surface area contributed by atoms with Gasteiger partial charge in [0, 0.05) is 33.5 Å². The molecule has 0 aliphatic carbocycles. The monoisotopic (exact) mass is 396 g/mol. The molecule has 6 heteroatoms. The highest BCUT2D eigenvalue weighted by molar-refractivity contribution is 6.10. The molecule has 1 saturated heterocycles. The summed E-state index contributed by atoms with van der Waals surface area (Å²) in [6, 6.07) is 13.6. The number of likely N-dealkylation sites (tertiary alicyclic amines) is 1. The van der Waals surface area contributed by atoms with Crippen molar-refractivity contribution in [2.45, 2.75) is 38.1 Å². The molecule has 1 atom stereocenters. The number of halogens is 1. The van der Waals surface area contributed by atoms with Crippen LogP contribution in [0, 0.1) is 5.82 Å². The van der Waals surface area contributed by atoms with Gasteiger partial charge in [-0.05, 0) is 35.2 Å². The minimum Gasteiger partial charge on any atom is -0.341 e. The molecule has 0 aromatic heterocycles. The van der Waals surface area contributed by atoms with E-state index in [1.54, 1.807) is 13.1 Å². The lowest BCUT2D eigenvalue weighted by molar-refractivity contribution is -0.141. The van der Waals surface area contributed by atoms with Crippen molar-refractivity contribution in [3.63, 3.8) is 0 Å². The van der Waals surface area contributed by atoms with Crippen molar-refractivity contribution in [1.29, 1.82) is 0 Å². The van der Waals surface area contributed by atoms with E-state index in [1.807, 2.05) is 24.3 Å². The molecule has 1 aliphatic rings. The number of carbonyl (C=O) groups is 3. The second kappa shape index (κ2) is 8.15. The molecule has 5 nitrogen and oxygen atoms in total. The van der Waals surface area contributed by atoms with Crippen LogP contribution in [0.3, 0.4) is 0 Å². The molecular weight excluding hydrogens is 371 g/mol. The van der Waals surface area contributed by atoms with Gasteiger partial charge in [-0.25, -0.2) is 4.39 Å². The Morgan fingerprint density at radius 3 is 2.34 bits per heavy atom. The van der Waals surface area contributed by atoms with Crippen LogP contribution in [-0.2, 0) is 32.8 Å². The van der Waals surface area contributed by atoms with E-state index >= 15 is 0 Å². The molecule has 2 aromatic rings. The van der Waals surface area contributed by atoms with E-state index in [4.69, 9.17) is 0 Å². The first-order chi connectivity index (χ1) is 13.8. The van der Waals surface area contributed by atoms with E-state index < -0.39 is 17.1 Å². The third kappa shape index (κ3) is 4.06. The predicted octanol–water partition coefficient (Wildman–Crippen LogP) is 3.06. The second-order valence-corrected chi connectivity index (χ2v) is 7.62. The summed E-state index contributed by atoms with van der Waals surface area (Å²) < 4.78 is 13.9. The Labute approximate surface area is 170 Å². The van der Waals surface area contributed by atoms with Crippen LogP contribution in [0.5, 0.6) is 0 Å². The molecule has 0 radical (unpaired) electrons. The minimum atomic E-state index is -1.37. The molecule has 1 fully saturated rings. The van der Waals surface area contributed by atoms with Gasteiger partial charge in [-0.3, -0.25) is 19.3 Å². The Bertz CT molecular complexity index is 941. The number of amides is 3. The summed E-state index contributed by atoms with van der Waals surface area (Å²) in [5.41, 5.74) is 1.18. The highest BCUT2D eigenvalue weighted by Crippen LogP contribution is 2.40. The molecule has 0 N–H and O–H groups in total. The van der Waals surface area contributed by atoms with Crippen LogP contribution in [0.4, 0.5) is 4.39 Å². The van der Waals surface area contributed by atoms with E-state index in [2.05, 4.69) is 6.92 Å². The lowest BCUT2D eigenvalue weighted by Gasteiger charge is -2.29. The fraction of sp³-hybridized carbons (Fsp3) is 0.348. The first-order valence-corrected chi connectivity index (χ1v) is 9.65. The van der Waals surface area contributed by atoms with Crippen LogP contribution in [-0.4, -0.2) is 41.6 Å². The lowest BCUT2D eigenvalue weighted by Crippen LogP contribution is -2.41. The van der Waals surface area contributed by atoms with E-state index in [1.165, 1.54) is 35.7 Å². The van der Waals surface area contributed by atoms with E-state index in [0.29, 0.717) is 12.1 Å². The van der Waals surface area contributed by atoms with Gasteiger partial charge in [0.05, 0.1) is 5.41 Å². The van der Waals surface area contributed by atoms with Crippen LogP contribution >= 0.6 is 0 Å². The van der Waals surface area contributed by atoms with Gasteiger partial charge in [-0.1, -0.05) is 43.3 Å². The Morgan fingerprint density at radius 1 is 1.14 bits per heavy atom. The summed E-state index contributed by atoms with van der Waals surface area (Å²) in [4.78, 5) is 40.8. The Hall–Kier alpha value is -3.02. The summed E-state index contributed by atoms with van der Waals surface area (Å²) in [5, 5.41) is 0. The van der Waals surface area contributed by atoms with Crippen molar-refractivity contribution >= 4 is 17.7 Å². The van der Waals surface area contributed by atoms with Crippen molar-refractivity contribution < 1.29 is 18.8 Å². The molecule has 0 saturated carbocycles. The first-order valence-electron chi connectivity index (χ1n) is 9.65. The number of benzene rings is 2. The molecule has 2 aromatic carbocycles. The molecule has 0 spiro atoms. The zero-order valence-corrected chi connectivity index (χ0v) is 16.9. The number of carbonyl (C=O) groups excluding carboxylic acids is 3. The molecular formula is C23H25FN2O3. The number of nitrogens with zero attached hydrogens (tertiary/aromatic N) is 2. The number of imide groups is 1. The van der Waals surface area contributed by atoms with Gasteiger partial charge in [0.1, 0.15) is 5.82 Å². The summed E-state index contributed by atoms with van der Waals surface area (Å²) in [5.74, 6) is -1.62. The highest BCUT2D eigenvalue weighted by atomic mass is 19.1. The molecule has 29 heavy (non-hydrogen) atoms. The van der Waals surface area contributed by atoms with Crippen LogP contribution in [0.25, 0.3) is 0 Å². The number of aryl methyl sites for hydroxylation is 1. The zero-order valence-electron chi connectivity index (χ0n) is 16.9. The number of hydrogen-bond acceptors (Lipinski definition) is 3. The van der Waals surface area contributed by atoms with Crippen LogP contribution in [0.15, 0.2) is 48.5 Å². The van der Waals surface area contributed by atoms with Crippen molar-refractivity contribution in [1.82, 2.24) is 9.80 Å². The minimum absolute atomic E-state index is 0.142. The molecule has 3 rings (SSSR count). The summed E-state index contributed by atoms with van der Waals surface area (Å²) in [6.45, 7) is 2.47. The smallest absolute Gasteiger partial charge is 0.240 e. The lowest BCUT2D eigenvalue weighted by atomic mass is 9.75. The maximum Gasteiger partial charge on any atom is 0.240 e. The van der Waals surface area contributed by atoms with E-state index in [0.717, 1.165) is 16.9 Å². The van der Waals surface area contributed by atoms with Gasteiger partial charge < -0.3 is 4.90 Å². The third-order valence-corrected chi connectivity index (χ3v) is 5.65. The fourth-order valence-corrected chi connectivity index (χ4v) is 3.77. The summed E-state index contributed by atoms with van der Waals surface area (Å²) in [6.07, 6.45) is 0.611. The van der Waals surface area contributed by atoms with Crippen LogP contribution in [0.2, 0.25) is 0 Å². The van der Waals surface area contributed by atoms with Gasteiger partial charge in [-0.15, -0.1) is 0 Å². The Morgan fingerprint density at radius 2 is 1.79 bits per heavy atom. The largest absolute Gasteiger partial charge is 0.341 e. The van der Waals surface area contributed by atoms with Gasteiger partial charge in [-0.2, -0.15) is 0 Å². The standard InChI is InChI=1S/C23H25FN2O3/c1-4-16-8-10-17(11-9-16)15-25(2)20(27)13-23(14-21(28)26(3)22(23)29)18-6-5-7-19(24)12-18/h5-12H,4,13-15H2,1-3H3/t23-/m1/s1. The second-order valence-electron chi connectivity index (χ2n) is 7.62. The SMILES string of the molecule is CCc1ccc(CN(C)C(=O)C[C@]2(c3cccc(F)c3)CC(=O)N(C)C2=O)cc1. The van der Waals surface area contributed by atoms with Crippen molar-refractivity contribution in [3.05, 3.63) is 71.0 Å². The predicted molar refractivity (Wildman–Crippen MR) is 107 cm³/mol. The Balaban J connectivity index is 1.85. The molecule has 0 bridgehead atoms. The number of rotatable bonds is 6. The molecule has 3 amide bonds. The Kier molecular flexibility index (Phi) is 5.82. The van der Waals surface area contributed by atoms with E-state index in [9.17, 15) is 18.8 Å². The van der Waals surface area contributed by atoms with Gasteiger partial charge >= 0.3 is 0 Å².